The zero-order valence-electron chi connectivity index (χ0n) is 6.87. The van der Waals surface area contributed by atoms with E-state index < -0.39 is 12.9 Å². The second-order valence-electron chi connectivity index (χ2n) is 2.80. The molecule has 6 heteroatoms. The summed E-state index contributed by atoms with van der Waals surface area (Å²) in [4.78, 5) is 0. The molecule has 0 saturated heterocycles. The molecule has 0 aliphatic rings. The van der Waals surface area contributed by atoms with E-state index >= 15 is 0 Å². The Morgan fingerprint density at radius 2 is 2.14 bits per heavy atom. The van der Waals surface area contributed by atoms with Crippen LogP contribution in [0.1, 0.15) is 0 Å². The van der Waals surface area contributed by atoms with Crippen LogP contribution in [0.4, 0.5) is 4.39 Å². The third-order valence-corrected chi connectivity index (χ3v) is 3.70. The van der Waals surface area contributed by atoms with E-state index in [1.165, 1.54) is 11.3 Å². The Balaban J connectivity index is 2.84. The highest BCUT2D eigenvalue weighted by Crippen LogP contribution is 2.29. The standard InChI is InChI=1S/C8H5BBrFO2S/c10-7-4-1-2-14-8(4)5(9(12)13)3-6(7)11/h1-3,12-13H. The van der Waals surface area contributed by atoms with Crippen LogP contribution in [0, 0.1) is 5.82 Å². The van der Waals surface area contributed by atoms with Gasteiger partial charge < -0.3 is 10.0 Å². The lowest BCUT2D eigenvalue weighted by Crippen LogP contribution is -2.30. The fourth-order valence-electron chi connectivity index (χ4n) is 1.29. The number of thiophene rings is 1. The summed E-state index contributed by atoms with van der Waals surface area (Å²) >= 11 is 4.46. The molecule has 0 radical (unpaired) electrons. The van der Waals surface area contributed by atoms with Crippen molar-refractivity contribution in [3.8, 4) is 0 Å². The first-order valence-corrected chi connectivity index (χ1v) is 5.49. The molecule has 14 heavy (non-hydrogen) atoms. The van der Waals surface area contributed by atoms with Gasteiger partial charge in [-0.1, -0.05) is 0 Å². The Kier molecular flexibility index (Phi) is 2.61. The zero-order valence-corrected chi connectivity index (χ0v) is 9.27. The molecule has 72 valence electrons. The minimum atomic E-state index is -1.64. The van der Waals surface area contributed by atoms with E-state index in [2.05, 4.69) is 15.9 Å². The Labute approximate surface area is 92.3 Å². The quantitative estimate of drug-likeness (QED) is 0.774. The van der Waals surface area contributed by atoms with Crippen LogP contribution in [0.3, 0.4) is 0 Å². The smallest absolute Gasteiger partial charge is 0.423 e. The van der Waals surface area contributed by atoms with Gasteiger partial charge in [-0.05, 0) is 33.4 Å². The number of rotatable bonds is 1. The molecule has 0 aliphatic heterocycles. The summed E-state index contributed by atoms with van der Waals surface area (Å²) in [6.07, 6.45) is 0. The molecule has 0 fully saturated rings. The first-order valence-electron chi connectivity index (χ1n) is 3.82. The first kappa shape index (κ1) is 10.1. The number of fused-ring (bicyclic) bond motifs is 1. The minimum absolute atomic E-state index is 0.204. The molecule has 0 bridgehead atoms. The van der Waals surface area contributed by atoms with Gasteiger partial charge in [-0.2, -0.15) is 0 Å². The summed E-state index contributed by atoms with van der Waals surface area (Å²) in [6.45, 7) is 0. The second-order valence-corrected chi connectivity index (χ2v) is 4.51. The van der Waals surface area contributed by atoms with Crippen LogP contribution in [0.2, 0.25) is 0 Å². The van der Waals surface area contributed by atoms with Crippen molar-refractivity contribution in [2.75, 3.05) is 0 Å². The van der Waals surface area contributed by atoms with E-state index in [1.807, 2.05) is 0 Å². The summed E-state index contributed by atoms with van der Waals surface area (Å²) in [6, 6.07) is 2.87. The van der Waals surface area contributed by atoms with E-state index in [9.17, 15) is 4.39 Å². The van der Waals surface area contributed by atoms with Crippen LogP contribution in [0.25, 0.3) is 10.1 Å². The summed E-state index contributed by atoms with van der Waals surface area (Å²) in [5, 5.41) is 20.5. The van der Waals surface area contributed by atoms with E-state index in [4.69, 9.17) is 10.0 Å². The Hall–Kier alpha value is -0.425. The molecule has 0 saturated carbocycles. The monoisotopic (exact) mass is 274 g/mol. The number of hydrogen-bond donors (Lipinski definition) is 2. The van der Waals surface area contributed by atoms with Gasteiger partial charge in [0.05, 0.1) is 4.47 Å². The third-order valence-electron chi connectivity index (χ3n) is 1.93. The lowest BCUT2D eigenvalue weighted by Gasteiger charge is -2.04. The molecule has 2 aromatic rings. The van der Waals surface area contributed by atoms with Crippen molar-refractivity contribution in [3.05, 3.63) is 27.8 Å². The topological polar surface area (TPSA) is 40.5 Å². The maximum atomic E-state index is 13.3. The SMILES string of the molecule is OB(O)c1cc(F)c(Br)c2ccsc12. The molecule has 0 atom stereocenters. The molecule has 1 aromatic heterocycles. The van der Waals surface area contributed by atoms with Gasteiger partial charge in [-0.25, -0.2) is 4.39 Å². The lowest BCUT2D eigenvalue weighted by atomic mass is 9.80. The van der Waals surface area contributed by atoms with Gasteiger partial charge in [0.1, 0.15) is 5.82 Å². The van der Waals surface area contributed by atoms with E-state index in [0.29, 0.717) is 14.6 Å². The van der Waals surface area contributed by atoms with Crippen molar-refractivity contribution in [1.82, 2.24) is 0 Å². The van der Waals surface area contributed by atoms with Gasteiger partial charge in [-0.3, -0.25) is 0 Å². The molecule has 0 spiro atoms. The average molecular weight is 275 g/mol. The van der Waals surface area contributed by atoms with Crippen LogP contribution in [0.15, 0.2) is 22.0 Å². The molecule has 0 amide bonds. The number of hydrogen-bond acceptors (Lipinski definition) is 3. The molecule has 1 aromatic carbocycles. The van der Waals surface area contributed by atoms with Gasteiger partial charge in [-0.15, -0.1) is 11.3 Å². The fourth-order valence-corrected chi connectivity index (χ4v) is 2.81. The molecule has 2 N–H and O–H groups in total. The number of benzene rings is 1. The van der Waals surface area contributed by atoms with Crippen molar-refractivity contribution < 1.29 is 14.4 Å². The Bertz CT molecular complexity index is 485. The molecular formula is C8H5BBrFO2S. The molecule has 1 heterocycles. The molecule has 0 aliphatic carbocycles. The molecule has 2 nitrogen and oxygen atoms in total. The fraction of sp³-hybridized carbons (Fsp3) is 0. The van der Waals surface area contributed by atoms with Crippen LogP contribution in [0.5, 0.6) is 0 Å². The molecular weight excluding hydrogens is 270 g/mol. The third kappa shape index (κ3) is 1.48. The Morgan fingerprint density at radius 1 is 1.43 bits per heavy atom. The maximum Gasteiger partial charge on any atom is 0.490 e. The van der Waals surface area contributed by atoms with Gasteiger partial charge in [0.2, 0.25) is 0 Å². The molecule has 2 rings (SSSR count). The Morgan fingerprint density at radius 3 is 2.79 bits per heavy atom. The van der Waals surface area contributed by atoms with Crippen molar-refractivity contribution in [2.45, 2.75) is 0 Å². The van der Waals surface area contributed by atoms with Gasteiger partial charge >= 0.3 is 7.12 Å². The van der Waals surface area contributed by atoms with Gasteiger partial charge in [0, 0.05) is 15.5 Å². The van der Waals surface area contributed by atoms with Crippen LogP contribution >= 0.6 is 27.3 Å². The predicted octanol–water partition coefficient (Wildman–Crippen LogP) is 1.48. The van der Waals surface area contributed by atoms with Crippen LogP contribution in [-0.4, -0.2) is 17.2 Å². The highest BCUT2D eigenvalue weighted by atomic mass is 79.9. The van der Waals surface area contributed by atoms with E-state index in [-0.39, 0.29) is 5.46 Å². The highest BCUT2D eigenvalue weighted by molar-refractivity contribution is 9.10. The van der Waals surface area contributed by atoms with Crippen molar-refractivity contribution in [2.24, 2.45) is 0 Å². The first-order chi connectivity index (χ1) is 6.61. The van der Waals surface area contributed by atoms with Crippen LogP contribution in [-0.2, 0) is 0 Å². The van der Waals surface area contributed by atoms with Crippen molar-refractivity contribution in [1.29, 1.82) is 0 Å². The van der Waals surface area contributed by atoms with Crippen molar-refractivity contribution >= 4 is 49.9 Å². The summed E-state index contributed by atoms with van der Waals surface area (Å²) in [5.74, 6) is -0.487. The second kappa shape index (κ2) is 3.62. The largest absolute Gasteiger partial charge is 0.490 e. The van der Waals surface area contributed by atoms with Crippen LogP contribution < -0.4 is 5.46 Å². The van der Waals surface area contributed by atoms with Crippen molar-refractivity contribution in [3.63, 3.8) is 0 Å². The predicted molar refractivity (Wildman–Crippen MR) is 59.3 cm³/mol. The highest BCUT2D eigenvalue weighted by Gasteiger charge is 2.19. The maximum absolute atomic E-state index is 13.3. The minimum Gasteiger partial charge on any atom is -0.423 e. The number of halogens is 2. The van der Waals surface area contributed by atoms with Gasteiger partial charge in [0.15, 0.2) is 0 Å². The van der Waals surface area contributed by atoms with E-state index in [1.54, 1.807) is 11.4 Å². The lowest BCUT2D eigenvalue weighted by molar-refractivity contribution is 0.426. The summed E-state index contributed by atoms with van der Waals surface area (Å²) in [5.41, 5.74) is 0.204. The van der Waals surface area contributed by atoms with Gasteiger partial charge in [0.25, 0.3) is 0 Å². The average Bonchev–Trinajstić information content (AvgIpc) is 2.59. The summed E-state index contributed by atoms with van der Waals surface area (Å²) < 4.78 is 14.3. The molecule has 0 unspecified atom stereocenters. The summed E-state index contributed by atoms with van der Waals surface area (Å²) in [7, 11) is -1.64. The normalized spacial score (nSPS) is 10.9. The van der Waals surface area contributed by atoms with E-state index in [0.717, 1.165) is 6.07 Å². The zero-order chi connectivity index (χ0) is 10.3.